The van der Waals surface area contributed by atoms with E-state index in [9.17, 15) is 4.39 Å². The third-order valence-electron chi connectivity index (χ3n) is 3.39. The minimum absolute atomic E-state index is 0.00307. The summed E-state index contributed by atoms with van der Waals surface area (Å²) >= 11 is 5.94. The van der Waals surface area contributed by atoms with Crippen LogP contribution in [0.5, 0.6) is 0 Å². The minimum Gasteiger partial charge on any atom is -0.368 e. The van der Waals surface area contributed by atoms with E-state index >= 15 is 0 Å². The van der Waals surface area contributed by atoms with Gasteiger partial charge in [-0.2, -0.15) is 4.98 Å². The van der Waals surface area contributed by atoms with Gasteiger partial charge in [-0.1, -0.05) is 11.6 Å². The van der Waals surface area contributed by atoms with Gasteiger partial charge in [0, 0.05) is 29.6 Å². The summed E-state index contributed by atoms with van der Waals surface area (Å²) in [5, 5.41) is 3.26. The third-order valence-corrected chi connectivity index (χ3v) is 3.68. The predicted octanol–water partition coefficient (Wildman–Crippen LogP) is 3.80. The Morgan fingerprint density at radius 1 is 1.12 bits per heavy atom. The molecule has 0 saturated heterocycles. The Bertz CT molecular complexity index is 901. The maximum Gasteiger partial charge on any atom is 0.222 e. The molecular formula is C17H16ClFN6. The first-order chi connectivity index (χ1) is 12.0. The number of halogens is 2. The van der Waals surface area contributed by atoms with E-state index in [1.807, 2.05) is 13.8 Å². The lowest BCUT2D eigenvalue weighted by atomic mass is 10.0. The molecule has 0 radical (unpaired) electrons. The second kappa shape index (κ2) is 6.98. The van der Waals surface area contributed by atoms with Crippen LogP contribution in [0, 0.1) is 5.82 Å². The van der Waals surface area contributed by atoms with Crippen LogP contribution in [0.1, 0.15) is 13.8 Å². The first kappa shape index (κ1) is 17.0. The van der Waals surface area contributed by atoms with Gasteiger partial charge < -0.3 is 11.1 Å². The van der Waals surface area contributed by atoms with E-state index in [0.717, 1.165) is 0 Å². The molecule has 2 heterocycles. The van der Waals surface area contributed by atoms with E-state index in [1.165, 1.54) is 18.5 Å². The second-order valence-electron chi connectivity index (χ2n) is 5.71. The van der Waals surface area contributed by atoms with Crippen molar-refractivity contribution in [3.8, 4) is 22.4 Å². The lowest BCUT2D eigenvalue weighted by Crippen LogP contribution is -2.14. The van der Waals surface area contributed by atoms with Gasteiger partial charge in [0.2, 0.25) is 5.95 Å². The van der Waals surface area contributed by atoms with Crippen molar-refractivity contribution in [2.75, 3.05) is 11.1 Å². The maximum absolute atomic E-state index is 13.5. The van der Waals surface area contributed by atoms with E-state index in [0.29, 0.717) is 28.2 Å². The van der Waals surface area contributed by atoms with Crippen LogP contribution in [0.2, 0.25) is 5.02 Å². The Hall–Kier alpha value is -2.80. The number of benzene rings is 1. The molecule has 0 fully saturated rings. The number of anilines is 2. The van der Waals surface area contributed by atoms with E-state index in [4.69, 9.17) is 17.3 Å². The number of rotatable bonds is 4. The van der Waals surface area contributed by atoms with E-state index in [2.05, 4.69) is 25.3 Å². The summed E-state index contributed by atoms with van der Waals surface area (Å²) in [6, 6.07) is 4.50. The summed E-state index contributed by atoms with van der Waals surface area (Å²) in [4.78, 5) is 16.8. The normalized spacial score (nSPS) is 10.9. The molecule has 25 heavy (non-hydrogen) atoms. The van der Waals surface area contributed by atoms with Crippen molar-refractivity contribution in [2.45, 2.75) is 19.9 Å². The quantitative estimate of drug-likeness (QED) is 0.737. The number of nitrogens with one attached hydrogen (secondary N) is 1. The van der Waals surface area contributed by atoms with Crippen LogP contribution in [0.15, 0.2) is 36.9 Å². The molecule has 6 nitrogen and oxygen atoms in total. The van der Waals surface area contributed by atoms with Crippen molar-refractivity contribution in [3.63, 3.8) is 0 Å². The lowest BCUT2D eigenvalue weighted by Gasteiger charge is -2.17. The molecule has 1 aromatic carbocycles. The smallest absolute Gasteiger partial charge is 0.222 e. The highest BCUT2D eigenvalue weighted by Crippen LogP contribution is 2.37. The fraction of sp³-hybridized carbons (Fsp3) is 0.176. The molecule has 0 bridgehead atoms. The van der Waals surface area contributed by atoms with Crippen LogP contribution in [-0.2, 0) is 0 Å². The van der Waals surface area contributed by atoms with Crippen LogP contribution < -0.4 is 11.1 Å². The van der Waals surface area contributed by atoms with Gasteiger partial charge in [-0.3, -0.25) is 0 Å². The molecule has 0 spiro atoms. The Balaban J connectivity index is 2.29. The van der Waals surface area contributed by atoms with Crippen LogP contribution in [0.3, 0.4) is 0 Å². The van der Waals surface area contributed by atoms with E-state index in [1.54, 1.807) is 18.5 Å². The molecule has 0 aliphatic carbocycles. The maximum atomic E-state index is 13.5. The molecule has 2 aromatic heterocycles. The molecule has 0 aliphatic rings. The summed E-state index contributed by atoms with van der Waals surface area (Å²) in [6.45, 7) is 3.97. The molecule has 0 unspecified atom stereocenters. The van der Waals surface area contributed by atoms with Crippen molar-refractivity contribution in [1.29, 1.82) is 0 Å². The number of hydrogen-bond donors (Lipinski definition) is 2. The van der Waals surface area contributed by atoms with Gasteiger partial charge in [0.15, 0.2) is 0 Å². The van der Waals surface area contributed by atoms with Crippen molar-refractivity contribution in [1.82, 2.24) is 19.9 Å². The molecule has 0 saturated carbocycles. The van der Waals surface area contributed by atoms with Gasteiger partial charge in [0.05, 0.1) is 16.3 Å². The van der Waals surface area contributed by atoms with Crippen LogP contribution in [-0.4, -0.2) is 26.0 Å². The van der Waals surface area contributed by atoms with Gasteiger partial charge in [0.1, 0.15) is 18.0 Å². The number of hydrogen-bond acceptors (Lipinski definition) is 6. The first-order valence-corrected chi connectivity index (χ1v) is 7.98. The van der Waals surface area contributed by atoms with Gasteiger partial charge in [-0.25, -0.2) is 19.3 Å². The van der Waals surface area contributed by atoms with Gasteiger partial charge in [0.25, 0.3) is 0 Å². The fourth-order valence-corrected chi connectivity index (χ4v) is 2.59. The van der Waals surface area contributed by atoms with Crippen molar-refractivity contribution < 1.29 is 4.39 Å². The van der Waals surface area contributed by atoms with Crippen molar-refractivity contribution >= 4 is 23.4 Å². The highest BCUT2D eigenvalue weighted by atomic mass is 35.5. The molecule has 3 N–H and O–H groups in total. The molecule has 8 heteroatoms. The Morgan fingerprint density at radius 2 is 1.84 bits per heavy atom. The number of nitrogen functional groups attached to an aromatic ring is 1. The summed E-state index contributed by atoms with van der Waals surface area (Å²) in [7, 11) is 0. The van der Waals surface area contributed by atoms with Gasteiger partial charge in [-0.15, -0.1) is 0 Å². The average Bonchev–Trinajstić information content (AvgIpc) is 2.57. The van der Waals surface area contributed by atoms with Crippen molar-refractivity contribution in [2.24, 2.45) is 0 Å². The predicted molar refractivity (Wildman–Crippen MR) is 96.6 cm³/mol. The van der Waals surface area contributed by atoms with Crippen LogP contribution >= 0.6 is 11.6 Å². The Morgan fingerprint density at radius 3 is 2.48 bits per heavy atom. The largest absolute Gasteiger partial charge is 0.368 e. The zero-order valence-corrected chi connectivity index (χ0v) is 14.4. The average molecular weight is 359 g/mol. The monoisotopic (exact) mass is 358 g/mol. The standard InChI is InChI=1S/C17H16ClFN6/c1-9(2)23-16-14(11-6-21-8-22-7-11)15(24-17(20)25-16)10-3-4-13(19)12(18)5-10/h3-9H,1-2H3,(H3,20,23,24,25). The number of nitrogens with two attached hydrogens (primary N) is 1. The van der Waals surface area contributed by atoms with E-state index in [-0.39, 0.29) is 17.0 Å². The summed E-state index contributed by atoms with van der Waals surface area (Å²) in [5.41, 5.74) is 8.41. The molecule has 0 aliphatic heterocycles. The summed E-state index contributed by atoms with van der Waals surface area (Å²) < 4.78 is 13.5. The van der Waals surface area contributed by atoms with Crippen molar-refractivity contribution in [3.05, 3.63) is 47.8 Å². The number of aromatic nitrogens is 4. The SMILES string of the molecule is CC(C)Nc1nc(N)nc(-c2ccc(F)c(Cl)c2)c1-c1cncnc1. The number of nitrogens with zero attached hydrogens (tertiary/aromatic N) is 4. The molecule has 0 atom stereocenters. The third kappa shape index (κ3) is 3.66. The van der Waals surface area contributed by atoms with Crippen LogP contribution in [0.25, 0.3) is 22.4 Å². The van der Waals surface area contributed by atoms with Gasteiger partial charge in [-0.05, 0) is 32.0 Å². The Labute approximate surface area is 149 Å². The minimum atomic E-state index is -0.502. The van der Waals surface area contributed by atoms with Crippen LogP contribution in [0.4, 0.5) is 16.2 Å². The molecule has 3 aromatic rings. The second-order valence-corrected chi connectivity index (χ2v) is 6.12. The summed E-state index contributed by atoms with van der Waals surface area (Å²) in [6.07, 6.45) is 4.75. The topological polar surface area (TPSA) is 89.6 Å². The van der Waals surface area contributed by atoms with E-state index < -0.39 is 5.82 Å². The Kier molecular flexibility index (Phi) is 4.76. The molecule has 128 valence electrons. The highest BCUT2D eigenvalue weighted by molar-refractivity contribution is 6.31. The first-order valence-electron chi connectivity index (χ1n) is 7.60. The molecular weight excluding hydrogens is 343 g/mol. The summed E-state index contributed by atoms with van der Waals surface area (Å²) in [5.74, 6) is 0.143. The zero-order chi connectivity index (χ0) is 18.0. The zero-order valence-electron chi connectivity index (χ0n) is 13.7. The van der Waals surface area contributed by atoms with Gasteiger partial charge >= 0.3 is 0 Å². The highest BCUT2D eigenvalue weighted by Gasteiger charge is 2.19. The fourth-order valence-electron chi connectivity index (χ4n) is 2.41. The molecule has 3 rings (SSSR count). The molecule has 0 amide bonds. The lowest BCUT2D eigenvalue weighted by molar-refractivity contribution is 0.628.